The highest BCUT2D eigenvalue weighted by Gasteiger charge is 2.25. The summed E-state index contributed by atoms with van der Waals surface area (Å²) in [6.45, 7) is 2.31. The van der Waals surface area contributed by atoms with E-state index < -0.39 is 0 Å². The van der Waals surface area contributed by atoms with E-state index in [1.54, 1.807) is 0 Å². The first-order chi connectivity index (χ1) is 5.20. The molecule has 11 heavy (non-hydrogen) atoms. The standard InChI is InChI=1S/C8H15NO2/c1-7-4-2-3-5-8(7)6-9(10)11/h7-8H,2-6H2,1H3/t7-,8-/m0/s1. The maximum Gasteiger partial charge on any atom is 0.206 e. The van der Waals surface area contributed by atoms with Gasteiger partial charge >= 0.3 is 0 Å². The highest BCUT2D eigenvalue weighted by Crippen LogP contribution is 2.29. The highest BCUT2D eigenvalue weighted by molar-refractivity contribution is 4.71. The van der Waals surface area contributed by atoms with Crippen molar-refractivity contribution in [2.45, 2.75) is 32.6 Å². The van der Waals surface area contributed by atoms with E-state index in [0.29, 0.717) is 11.8 Å². The van der Waals surface area contributed by atoms with Gasteiger partial charge in [-0.15, -0.1) is 0 Å². The summed E-state index contributed by atoms with van der Waals surface area (Å²) in [4.78, 5) is 10.0. The summed E-state index contributed by atoms with van der Waals surface area (Å²) in [5.74, 6) is 0.910. The summed E-state index contributed by atoms with van der Waals surface area (Å²) in [5.41, 5.74) is 0. The van der Waals surface area contributed by atoms with Gasteiger partial charge in [-0.25, -0.2) is 0 Å². The molecule has 0 bridgehead atoms. The Morgan fingerprint density at radius 3 is 2.64 bits per heavy atom. The number of hydrogen-bond acceptors (Lipinski definition) is 2. The van der Waals surface area contributed by atoms with Crippen LogP contribution in [0.25, 0.3) is 0 Å². The molecule has 0 aromatic rings. The molecule has 0 unspecified atom stereocenters. The first kappa shape index (κ1) is 8.50. The van der Waals surface area contributed by atoms with Gasteiger partial charge in [0.05, 0.1) is 0 Å². The quantitative estimate of drug-likeness (QED) is 0.455. The van der Waals surface area contributed by atoms with Crippen LogP contribution in [0.5, 0.6) is 0 Å². The van der Waals surface area contributed by atoms with Gasteiger partial charge < -0.3 is 0 Å². The van der Waals surface area contributed by atoms with Crippen LogP contribution in [0.3, 0.4) is 0 Å². The summed E-state index contributed by atoms with van der Waals surface area (Å²) in [6.07, 6.45) is 4.68. The lowest BCUT2D eigenvalue weighted by Gasteiger charge is -2.25. The summed E-state index contributed by atoms with van der Waals surface area (Å²) in [5, 5.41) is 10.2. The topological polar surface area (TPSA) is 43.1 Å². The Morgan fingerprint density at radius 2 is 2.09 bits per heavy atom. The summed E-state index contributed by atoms with van der Waals surface area (Å²) in [6, 6.07) is 0. The average Bonchev–Trinajstić information content (AvgIpc) is 1.93. The molecule has 0 aromatic carbocycles. The normalized spacial score (nSPS) is 31.7. The molecule has 0 heterocycles. The molecule has 1 aliphatic rings. The van der Waals surface area contributed by atoms with E-state index in [1.165, 1.54) is 19.3 Å². The van der Waals surface area contributed by atoms with Crippen molar-refractivity contribution in [2.75, 3.05) is 6.54 Å². The molecular weight excluding hydrogens is 142 g/mol. The van der Waals surface area contributed by atoms with Gasteiger partial charge in [0.1, 0.15) is 0 Å². The number of nitrogens with zero attached hydrogens (tertiary/aromatic N) is 1. The molecule has 0 N–H and O–H groups in total. The second kappa shape index (κ2) is 3.69. The van der Waals surface area contributed by atoms with E-state index in [2.05, 4.69) is 6.92 Å². The minimum Gasteiger partial charge on any atom is -0.265 e. The van der Waals surface area contributed by atoms with Crippen LogP contribution < -0.4 is 0 Å². The van der Waals surface area contributed by atoms with Crippen molar-refractivity contribution in [3.63, 3.8) is 0 Å². The zero-order chi connectivity index (χ0) is 8.27. The van der Waals surface area contributed by atoms with Crippen LogP contribution >= 0.6 is 0 Å². The average molecular weight is 157 g/mol. The van der Waals surface area contributed by atoms with Crippen molar-refractivity contribution in [2.24, 2.45) is 11.8 Å². The van der Waals surface area contributed by atoms with E-state index in [0.717, 1.165) is 6.42 Å². The van der Waals surface area contributed by atoms with Crippen molar-refractivity contribution in [1.29, 1.82) is 0 Å². The smallest absolute Gasteiger partial charge is 0.206 e. The molecule has 0 spiro atoms. The summed E-state index contributed by atoms with van der Waals surface area (Å²) < 4.78 is 0. The lowest BCUT2D eigenvalue weighted by atomic mass is 9.80. The van der Waals surface area contributed by atoms with Crippen LogP contribution in [0.4, 0.5) is 0 Å². The van der Waals surface area contributed by atoms with Crippen LogP contribution in [-0.2, 0) is 0 Å². The van der Waals surface area contributed by atoms with Gasteiger partial charge in [0.25, 0.3) is 0 Å². The minimum absolute atomic E-state index is 0.174. The third kappa shape index (κ3) is 2.48. The van der Waals surface area contributed by atoms with Crippen LogP contribution in [-0.4, -0.2) is 11.5 Å². The van der Waals surface area contributed by atoms with Gasteiger partial charge in [0.2, 0.25) is 6.54 Å². The molecule has 0 aliphatic heterocycles. The van der Waals surface area contributed by atoms with Crippen molar-refractivity contribution in [3.05, 3.63) is 10.1 Å². The van der Waals surface area contributed by atoms with Crippen LogP contribution in [0.15, 0.2) is 0 Å². The van der Waals surface area contributed by atoms with Gasteiger partial charge in [-0.1, -0.05) is 26.2 Å². The third-order valence-electron chi connectivity index (χ3n) is 2.67. The van der Waals surface area contributed by atoms with E-state index in [1.807, 2.05) is 0 Å². The number of hydrogen-bond donors (Lipinski definition) is 0. The Balaban J connectivity index is 2.35. The molecule has 2 atom stereocenters. The van der Waals surface area contributed by atoms with E-state index in [4.69, 9.17) is 0 Å². The van der Waals surface area contributed by atoms with Crippen LogP contribution in [0.2, 0.25) is 0 Å². The lowest BCUT2D eigenvalue weighted by molar-refractivity contribution is -0.490. The number of rotatable bonds is 2. The molecule has 1 fully saturated rings. The Labute approximate surface area is 66.9 Å². The molecule has 1 rings (SSSR count). The molecular formula is C8H15NO2. The van der Waals surface area contributed by atoms with Crippen molar-refractivity contribution in [1.82, 2.24) is 0 Å². The molecule has 0 aromatic heterocycles. The van der Waals surface area contributed by atoms with Gasteiger partial charge in [-0.3, -0.25) is 10.1 Å². The van der Waals surface area contributed by atoms with Crippen molar-refractivity contribution < 1.29 is 4.92 Å². The first-order valence-corrected chi connectivity index (χ1v) is 4.32. The van der Waals surface area contributed by atoms with Crippen LogP contribution in [0.1, 0.15) is 32.6 Å². The first-order valence-electron chi connectivity index (χ1n) is 4.32. The summed E-state index contributed by atoms with van der Waals surface area (Å²) >= 11 is 0. The van der Waals surface area contributed by atoms with E-state index >= 15 is 0 Å². The zero-order valence-electron chi connectivity index (χ0n) is 6.95. The molecule has 0 saturated heterocycles. The number of nitro groups is 1. The van der Waals surface area contributed by atoms with E-state index in [-0.39, 0.29) is 11.5 Å². The second-order valence-corrected chi connectivity index (χ2v) is 3.54. The maximum absolute atomic E-state index is 10.2. The molecule has 3 nitrogen and oxygen atoms in total. The Morgan fingerprint density at radius 1 is 1.45 bits per heavy atom. The Kier molecular flexibility index (Phi) is 2.85. The van der Waals surface area contributed by atoms with Gasteiger partial charge in [-0.2, -0.15) is 0 Å². The third-order valence-corrected chi connectivity index (χ3v) is 2.67. The molecule has 1 aliphatic carbocycles. The highest BCUT2D eigenvalue weighted by atomic mass is 16.6. The molecule has 0 radical (unpaired) electrons. The van der Waals surface area contributed by atoms with Crippen molar-refractivity contribution >= 4 is 0 Å². The monoisotopic (exact) mass is 157 g/mol. The van der Waals surface area contributed by atoms with Crippen molar-refractivity contribution in [3.8, 4) is 0 Å². The fourth-order valence-corrected chi connectivity index (χ4v) is 1.86. The van der Waals surface area contributed by atoms with E-state index in [9.17, 15) is 10.1 Å². The SMILES string of the molecule is C[C@H]1CCCC[C@H]1C[N+](=O)[O-]. The minimum atomic E-state index is -0.174. The maximum atomic E-state index is 10.2. The van der Waals surface area contributed by atoms with Crippen LogP contribution in [0, 0.1) is 22.0 Å². The fourth-order valence-electron chi connectivity index (χ4n) is 1.86. The summed E-state index contributed by atoms with van der Waals surface area (Å²) in [7, 11) is 0. The predicted octanol–water partition coefficient (Wildman–Crippen LogP) is 2.09. The molecule has 1 saturated carbocycles. The van der Waals surface area contributed by atoms with Gasteiger partial charge in [0.15, 0.2) is 0 Å². The Hall–Kier alpha value is -0.600. The lowest BCUT2D eigenvalue weighted by Crippen LogP contribution is -2.24. The van der Waals surface area contributed by atoms with Gasteiger partial charge in [0, 0.05) is 10.8 Å². The molecule has 64 valence electrons. The zero-order valence-corrected chi connectivity index (χ0v) is 6.95. The largest absolute Gasteiger partial charge is 0.265 e. The molecule has 3 heteroatoms. The fraction of sp³-hybridized carbons (Fsp3) is 1.00. The predicted molar refractivity (Wildman–Crippen MR) is 43.0 cm³/mol. The Bertz CT molecular complexity index is 147. The van der Waals surface area contributed by atoms with Gasteiger partial charge in [-0.05, 0) is 12.3 Å². The molecule has 0 amide bonds. The second-order valence-electron chi connectivity index (χ2n) is 3.54.